The highest BCUT2D eigenvalue weighted by molar-refractivity contribution is 6.09. The van der Waals surface area contributed by atoms with Crippen molar-refractivity contribution in [2.24, 2.45) is 0 Å². The summed E-state index contributed by atoms with van der Waals surface area (Å²) in [6, 6.07) is 13.3. The monoisotopic (exact) mass is 242 g/mol. The largest absolute Gasteiger partial charge is 0.289 e. The Hall–Kier alpha value is -1.96. The number of hydrogen-bond acceptors (Lipinski definition) is 1. The van der Waals surface area contributed by atoms with Gasteiger partial charge in [0.2, 0.25) is 0 Å². The van der Waals surface area contributed by atoms with E-state index in [1.807, 2.05) is 18.2 Å². The Labute approximate surface area is 106 Å². The van der Waals surface area contributed by atoms with Crippen LogP contribution in [0.3, 0.4) is 0 Å². The number of ketones is 1. The van der Waals surface area contributed by atoms with Crippen LogP contribution in [0.1, 0.15) is 34.8 Å². The third kappa shape index (κ3) is 2.83. The standard InChI is InChI=1S/C16H15FO/c1-2-5-12-6-3-7-13(10-12)16(18)14-8-4-9-15(17)11-14/h3-4,6-11H,2,5H2,1H3. The molecule has 0 unspecified atom stereocenters. The molecular weight excluding hydrogens is 227 g/mol. The average molecular weight is 242 g/mol. The fourth-order valence-electron chi connectivity index (χ4n) is 1.95. The van der Waals surface area contributed by atoms with Crippen LogP contribution in [0.25, 0.3) is 0 Å². The summed E-state index contributed by atoms with van der Waals surface area (Å²) in [5, 5.41) is 0. The minimum atomic E-state index is -0.384. The number of halogens is 1. The van der Waals surface area contributed by atoms with Crippen LogP contribution in [0, 0.1) is 5.82 Å². The van der Waals surface area contributed by atoms with Gasteiger partial charge >= 0.3 is 0 Å². The zero-order valence-corrected chi connectivity index (χ0v) is 10.3. The van der Waals surface area contributed by atoms with Crippen molar-refractivity contribution in [1.29, 1.82) is 0 Å². The third-order valence-corrected chi connectivity index (χ3v) is 2.81. The molecule has 0 saturated heterocycles. The fourth-order valence-corrected chi connectivity index (χ4v) is 1.95. The third-order valence-electron chi connectivity index (χ3n) is 2.81. The van der Waals surface area contributed by atoms with E-state index in [1.165, 1.54) is 12.1 Å². The summed E-state index contributed by atoms with van der Waals surface area (Å²) >= 11 is 0. The fraction of sp³-hybridized carbons (Fsp3) is 0.188. The van der Waals surface area contributed by atoms with Gasteiger partial charge in [-0.25, -0.2) is 4.39 Å². The van der Waals surface area contributed by atoms with E-state index in [4.69, 9.17) is 0 Å². The van der Waals surface area contributed by atoms with Gasteiger partial charge in [-0.15, -0.1) is 0 Å². The molecule has 0 radical (unpaired) electrons. The smallest absolute Gasteiger partial charge is 0.193 e. The number of carbonyl (C=O) groups excluding carboxylic acids is 1. The van der Waals surface area contributed by atoms with E-state index in [1.54, 1.807) is 18.2 Å². The highest BCUT2D eigenvalue weighted by Crippen LogP contribution is 2.13. The van der Waals surface area contributed by atoms with Crippen molar-refractivity contribution in [1.82, 2.24) is 0 Å². The zero-order chi connectivity index (χ0) is 13.0. The van der Waals surface area contributed by atoms with Crippen molar-refractivity contribution in [2.75, 3.05) is 0 Å². The first-order valence-electron chi connectivity index (χ1n) is 6.10. The van der Waals surface area contributed by atoms with Crippen LogP contribution >= 0.6 is 0 Å². The minimum Gasteiger partial charge on any atom is -0.289 e. The number of rotatable bonds is 4. The molecule has 1 nitrogen and oxygen atoms in total. The van der Waals surface area contributed by atoms with E-state index >= 15 is 0 Å². The first kappa shape index (κ1) is 12.5. The maximum absolute atomic E-state index is 13.1. The number of hydrogen-bond donors (Lipinski definition) is 0. The molecule has 2 heteroatoms. The Morgan fingerprint density at radius 3 is 2.39 bits per heavy atom. The Kier molecular flexibility index (Phi) is 3.88. The SMILES string of the molecule is CCCc1cccc(C(=O)c2cccc(F)c2)c1. The minimum absolute atomic E-state index is 0.132. The zero-order valence-electron chi connectivity index (χ0n) is 10.3. The lowest BCUT2D eigenvalue weighted by Crippen LogP contribution is -2.02. The van der Waals surface area contributed by atoms with E-state index in [0.717, 1.165) is 18.4 Å². The van der Waals surface area contributed by atoms with Crippen molar-refractivity contribution >= 4 is 5.78 Å². The second-order valence-corrected chi connectivity index (χ2v) is 4.29. The van der Waals surface area contributed by atoms with Crippen LogP contribution in [-0.4, -0.2) is 5.78 Å². The number of aryl methyl sites for hydroxylation is 1. The molecule has 92 valence electrons. The number of carbonyl (C=O) groups is 1. The van der Waals surface area contributed by atoms with Crippen LogP contribution < -0.4 is 0 Å². The first-order valence-corrected chi connectivity index (χ1v) is 6.10. The summed E-state index contributed by atoms with van der Waals surface area (Å²) in [6.07, 6.45) is 1.99. The Bertz CT molecular complexity index is 561. The van der Waals surface area contributed by atoms with Crippen molar-refractivity contribution in [3.05, 3.63) is 71.0 Å². The van der Waals surface area contributed by atoms with E-state index in [9.17, 15) is 9.18 Å². The van der Waals surface area contributed by atoms with Crippen LogP contribution in [0.4, 0.5) is 4.39 Å². The van der Waals surface area contributed by atoms with Crippen LogP contribution in [0.2, 0.25) is 0 Å². The quantitative estimate of drug-likeness (QED) is 0.740. The summed E-state index contributed by atoms with van der Waals surface area (Å²) < 4.78 is 13.1. The van der Waals surface area contributed by atoms with Gasteiger partial charge in [0.15, 0.2) is 5.78 Å². The molecule has 0 bridgehead atoms. The molecule has 0 spiro atoms. The molecule has 2 aromatic carbocycles. The van der Waals surface area contributed by atoms with Gasteiger partial charge in [0.25, 0.3) is 0 Å². The summed E-state index contributed by atoms with van der Waals surface area (Å²) in [6.45, 7) is 2.10. The van der Waals surface area contributed by atoms with Crippen LogP contribution in [0.5, 0.6) is 0 Å². The Balaban J connectivity index is 2.31. The average Bonchev–Trinajstić information content (AvgIpc) is 2.39. The normalized spacial score (nSPS) is 10.3. The molecule has 0 aliphatic heterocycles. The molecule has 0 heterocycles. The summed E-state index contributed by atoms with van der Waals surface area (Å²) in [5.74, 6) is -0.516. The van der Waals surface area contributed by atoms with Gasteiger partial charge in [0.1, 0.15) is 5.82 Å². The number of benzene rings is 2. The molecule has 18 heavy (non-hydrogen) atoms. The van der Waals surface area contributed by atoms with Gasteiger partial charge in [-0.1, -0.05) is 43.7 Å². The van der Waals surface area contributed by atoms with Crippen molar-refractivity contribution in [2.45, 2.75) is 19.8 Å². The molecule has 2 rings (SSSR count). The lowest BCUT2D eigenvalue weighted by molar-refractivity contribution is 0.103. The van der Waals surface area contributed by atoms with Crippen LogP contribution in [0.15, 0.2) is 48.5 Å². The maximum Gasteiger partial charge on any atom is 0.193 e. The molecule has 0 saturated carbocycles. The summed E-state index contributed by atoms with van der Waals surface area (Å²) in [7, 11) is 0. The molecule has 0 aromatic heterocycles. The molecular formula is C16H15FO. The first-order chi connectivity index (χ1) is 8.70. The van der Waals surface area contributed by atoms with Crippen molar-refractivity contribution in [3.63, 3.8) is 0 Å². The molecule has 0 amide bonds. The molecule has 0 atom stereocenters. The topological polar surface area (TPSA) is 17.1 Å². The summed E-state index contributed by atoms with van der Waals surface area (Å²) in [5.41, 5.74) is 2.15. The van der Waals surface area contributed by atoms with E-state index in [0.29, 0.717) is 11.1 Å². The lowest BCUT2D eigenvalue weighted by Gasteiger charge is -2.04. The molecule has 2 aromatic rings. The highest BCUT2D eigenvalue weighted by atomic mass is 19.1. The Morgan fingerprint density at radius 2 is 1.72 bits per heavy atom. The van der Waals surface area contributed by atoms with Gasteiger partial charge in [-0.2, -0.15) is 0 Å². The molecule has 0 fully saturated rings. The predicted octanol–water partition coefficient (Wildman–Crippen LogP) is 4.01. The molecule has 0 aliphatic carbocycles. The Morgan fingerprint density at radius 1 is 1.06 bits per heavy atom. The van der Waals surface area contributed by atoms with Gasteiger partial charge < -0.3 is 0 Å². The van der Waals surface area contributed by atoms with Gasteiger partial charge in [-0.3, -0.25) is 4.79 Å². The highest BCUT2D eigenvalue weighted by Gasteiger charge is 2.09. The van der Waals surface area contributed by atoms with Gasteiger partial charge in [0.05, 0.1) is 0 Å². The maximum atomic E-state index is 13.1. The lowest BCUT2D eigenvalue weighted by atomic mass is 10.00. The van der Waals surface area contributed by atoms with Gasteiger partial charge in [0, 0.05) is 11.1 Å². The molecule has 0 aliphatic rings. The van der Waals surface area contributed by atoms with E-state index in [-0.39, 0.29) is 11.6 Å². The summed E-state index contributed by atoms with van der Waals surface area (Å²) in [4.78, 5) is 12.2. The van der Waals surface area contributed by atoms with E-state index in [2.05, 4.69) is 6.92 Å². The van der Waals surface area contributed by atoms with Gasteiger partial charge in [-0.05, 0) is 30.2 Å². The predicted molar refractivity (Wildman–Crippen MR) is 70.3 cm³/mol. The van der Waals surface area contributed by atoms with Crippen molar-refractivity contribution in [3.8, 4) is 0 Å². The second-order valence-electron chi connectivity index (χ2n) is 4.29. The second kappa shape index (κ2) is 5.58. The van der Waals surface area contributed by atoms with Crippen molar-refractivity contribution < 1.29 is 9.18 Å². The van der Waals surface area contributed by atoms with E-state index < -0.39 is 0 Å². The van der Waals surface area contributed by atoms with Crippen LogP contribution in [-0.2, 0) is 6.42 Å². The molecule has 0 N–H and O–H groups in total.